The first-order valence-electron chi connectivity index (χ1n) is 5.68. The number of nitrogens with two attached hydrogens (primary N) is 1. The van der Waals surface area contributed by atoms with Crippen molar-refractivity contribution in [2.75, 3.05) is 12.8 Å². The molecule has 19 heavy (non-hydrogen) atoms. The zero-order valence-electron chi connectivity index (χ0n) is 10.5. The second-order valence-corrected chi connectivity index (χ2v) is 4.55. The Balaban J connectivity index is 1.98. The standard InChI is InChI=1S/C12H14ClN5O/c1-17(6-9-4-2-3-5-10(9)13)11(19)7-18-8-15-12(14)16-18/h2-5,8H,6-7H2,1H3,(H2,14,16). The molecule has 0 spiro atoms. The highest BCUT2D eigenvalue weighted by Crippen LogP contribution is 2.16. The molecule has 0 aliphatic heterocycles. The van der Waals surface area contributed by atoms with Crippen molar-refractivity contribution < 1.29 is 4.79 Å². The summed E-state index contributed by atoms with van der Waals surface area (Å²) < 4.78 is 1.40. The van der Waals surface area contributed by atoms with Gasteiger partial charge in [-0.15, -0.1) is 5.10 Å². The second kappa shape index (κ2) is 5.71. The average Bonchev–Trinajstić information content (AvgIpc) is 2.77. The van der Waals surface area contributed by atoms with Gasteiger partial charge in [0.2, 0.25) is 11.9 Å². The van der Waals surface area contributed by atoms with Gasteiger partial charge in [0.25, 0.3) is 0 Å². The molecular weight excluding hydrogens is 266 g/mol. The number of amides is 1. The summed E-state index contributed by atoms with van der Waals surface area (Å²) in [6, 6.07) is 7.43. The molecule has 1 aromatic heterocycles. The molecule has 0 unspecified atom stereocenters. The summed E-state index contributed by atoms with van der Waals surface area (Å²) in [5.74, 6) is 0.0615. The highest BCUT2D eigenvalue weighted by atomic mass is 35.5. The summed E-state index contributed by atoms with van der Waals surface area (Å²) in [5, 5.41) is 4.51. The highest BCUT2D eigenvalue weighted by Gasteiger charge is 2.12. The van der Waals surface area contributed by atoms with Crippen LogP contribution in [0, 0.1) is 0 Å². The number of halogens is 1. The van der Waals surface area contributed by atoms with Crippen LogP contribution in [-0.2, 0) is 17.9 Å². The highest BCUT2D eigenvalue weighted by molar-refractivity contribution is 6.31. The van der Waals surface area contributed by atoms with Crippen molar-refractivity contribution in [3.8, 4) is 0 Å². The van der Waals surface area contributed by atoms with Crippen LogP contribution < -0.4 is 5.73 Å². The van der Waals surface area contributed by atoms with Crippen molar-refractivity contribution in [1.82, 2.24) is 19.7 Å². The number of hydrogen-bond donors (Lipinski definition) is 1. The van der Waals surface area contributed by atoms with Crippen LogP contribution in [0.4, 0.5) is 5.95 Å². The lowest BCUT2D eigenvalue weighted by Crippen LogP contribution is -2.30. The molecule has 6 nitrogen and oxygen atoms in total. The van der Waals surface area contributed by atoms with Gasteiger partial charge in [0, 0.05) is 18.6 Å². The van der Waals surface area contributed by atoms with Crippen molar-refractivity contribution in [2.24, 2.45) is 0 Å². The number of rotatable bonds is 4. The van der Waals surface area contributed by atoms with E-state index in [2.05, 4.69) is 10.1 Å². The maximum atomic E-state index is 12.0. The van der Waals surface area contributed by atoms with Crippen LogP contribution >= 0.6 is 11.6 Å². The maximum absolute atomic E-state index is 12.0. The molecule has 0 saturated carbocycles. The number of benzene rings is 1. The van der Waals surface area contributed by atoms with Crippen molar-refractivity contribution in [3.63, 3.8) is 0 Å². The van der Waals surface area contributed by atoms with Crippen molar-refractivity contribution in [3.05, 3.63) is 41.2 Å². The molecule has 0 saturated heterocycles. The molecule has 0 aliphatic rings. The Kier molecular flexibility index (Phi) is 4.01. The number of carbonyl (C=O) groups excluding carboxylic acids is 1. The molecule has 1 amide bonds. The zero-order valence-corrected chi connectivity index (χ0v) is 11.2. The van der Waals surface area contributed by atoms with Gasteiger partial charge < -0.3 is 10.6 Å². The van der Waals surface area contributed by atoms with Gasteiger partial charge in [-0.3, -0.25) is 4.79 Å². The molecule has 1 heterocycles. The third-order valence-electron chi connectivity index (χ3n) is 2.64. The van der Waals surface area contributed by atoms with Crippen molar-refractivity contribution in [2.45, 2.75) is 13.1 Å². The predicted octanol–water partition coefficient (Wildman–Crippen LogP) is 1.17. The number of carbonyl (C=O) groups is 1. The van der Waals surface area contributed by atoms with E-state index in [1.54, 1.807) is 18.0 Å². The second-order valence-electron chi connectivity index (χ2n) is 4.14. The molecule has 2 aromatic rings. The summed E-state index contributed by atoms with van der Waals surface area (Å²) in [6.45, 7) is 0.549. The third-order valence-corrected chi connectivity index (χ3v) is 3.01. The van der Waals surface area contributed by atoms with E-state index >= 15 is 0 Å². The number of anilines is 1. The van der Waals surface area contributed by atoms with Gasteiger partial charge in [0.05, 0.1) is 0 Å². The van der Waals surface area contributed by atoms with Crippen LogP contribution in [0.25, 0.3) is 0 Å². The molecule has 0 fully saturated rings. The minimum atomic E-state index is -0.0928. The first kappa shape index (κ1) is 13.4. The van der Waals surface area contributed by atoms with E-state index in [9.17, 15) is 4.79 Å². The molecule has 100 valence electrons. The van der Waals surface area contributed by atoms with Gasteiger partial charge in [-0.1, -0.05) is 29.8 Å². The molecule has 0 radical (unpaired) electrons. The van der Waals surface area contributed by atoms with E-state index in [4.69, 9.17) is 17.3 Å². The van der Waals surface area contributed by atoms with Crippen LogP contribution in [-0.4, -0.2) is 32.6 Å². The Hall–Kier alpha value is -2.08. The lowest BCUT2D eigenvalue weighted by molar-refractivity contribution is -0.131. The SMILES string of the molecule is CN(Cc1ccccc1Cl)C(=O)Cn1cnc(N)n1. The van der Waals surface area contributed by atoms with Crippen molar-refractivity contribution >= 4 is 23.5 Å². The molecular formula is C12H14ClN5O. The van der Waals surface area contributed by atoms with Gasteiger partial charge in [0.15, 0.2) is 0 Å². The number of aromatic nitrogens is 3. The minimum Gasteiger partial charge on any atom is -0.367 e. The van der Waals surface area contributed by atoms with Crippen molar-refractivity contribution in [1.29, 1.82) is 0 Å². The summed E-state index contributed by atoms with van der Waals surface area (Å²) in [5.41, 5.74) is 6.29. The average molecular weight is 280 g/mol. The van der Waals surface area contributed by atoms with E-state index < -0.39 is 0 Å². The molecule has 7 heteroatoms. The van der Waals surface area contributed by atoms with Gasteiger partial charge in [-0.25, -0.2) is 9.67 Å². The van der Waals surface area contributed by atoms with Crippen LogP contribution in [0.3, 0.4) is 0 Å². The Morgan fingerprint density at radius 1 is 1.47 bits per heavy atom. The normalized spacial score (nSPS) is 10.4. The van der Waals surface area contributed by atoms with E-state index in [1.165, 1.54) is 11.0 Å². The topological polar surface area (TPSA) is 77.0 Å². The maximum Gasteiger partial charge on any atom is 0.244 e. The molecule has 0 bridgehead atoms. The Labute approximate surface area is 115 Å². The zero-order chi connectivity index (χ0) is 13.8. The first-order valence-corrected chi connectivity index (χ1v) is 6.06. The minimum absolute atomic E-state index is 0.0928. The van der Waals surface area contributed by atoms with E-state index in [-0.39, 0.29) is 18.4 Å². The largest absolute Gasteiger partial charge is 0.367 e. The smallest absolute Gasteiger partial charge is 0.244 e. The van der Waals surface area contributed by atoms with Crippen LogP contribution in [0.15, 0.2) is 30.6 Å². The van der Waals surface area contributed by atoms with Gasteiger partial charge in [-0.2, -0.15) is 0 Å². The van der Waals surface area contributed by atoms with Crippen LogP contribution in [0.2, 0.25) is 5.02 Å². The van der Waals surface area contributed by atoms with Gasteiger partial charge >= 0.3 is 0 Å². The monoisotopic (exact) mass is 279 g/mol. The van der Waals surface area contributed by atoms with E-state index in [1.807, 2.05) is 18.2 Å². The molecule has 1 aromatic carbocycles. The lowest BCUT2D eigenvalue weighted by atomic mass is 10.2. The number of likely N-dealkylation sites (N-methyl/N-ethyl adjacent to an activating group) is 1. The third kappa shape index (κ3) is 3.45. The first-order chi connectivity index (χ1) is 9.06. The number of nitrogen functional groups attached to an aromatic ring is 1. The summed E-state index contributed by atoms with van der Waals surface area (Å²) in [6.07, 6.45) is 1.43. The summed E-state index contributed by atoms with van der Waals surface area (Å²) in [7, 11) is 1.71. The molecule has 2 N–H and O–H groups in total. The van der Waals surface area contributed by atoms with E-state index in [0.29, 0.717) is 11.6 Å². The lowest BCUT2D eigenvalue weighted by Gasteiger charge is -2.17. The molecule has 0 aliphatic carbocycles. The van der Waals surface area contributed by atoms with Crippen LogP contribution in [0.5, 0.6) is 0 Å². The summed E-state index contributed by atoms with van der Waals surface area (Å²) >= 11 is 6.05. The fourth-order valence-electron chi connectivity index (χ4n) is 1.61. The van der Waals surface area contributed by atoms with Gasteiger partial charge in [0.1, 0.15) is 12.9 Å². The summed E-state index contributed by atoms with van der Waals surface area (Å²) in [4.78, 5) is 17.3. The predicted molar refractivity (Wildman–Crippen MR) is 72.4 cm³/mol. The number of hydrogen-bond acceptors (Lipinski definition) is 4. The Morgan fingerprint density at radius 2 is 2.21 bits per heavy atom. The number of nitrogens with zero attached hydrogens (tertiary/aromatic N) is 4. The van der Waals surface area contributed by atoms with Gasteiger partial charge in [-0.05, 0) is 11.6 Å². The van der Waals surface area contributed by atoms with Crippen LogP contribution in [0.1, 0.15) is 5.56 Å². The Bertz CT molecular complexity index is 583. The quantitative estimate of drug-likeness (QED) is 0.911. The molecule has 2 rings (SSSR count). The Morgan fingerprint density at radius 3 is 2.84 bits per heavy atom. The van der Waals surface area contributed by atoms with E-state index in [0.717, 1.165) is 5.56 Å². The fraction of sp³-hybridized carbons (Fsp3) is 0.250. The molecule has 0 atom stereocenters. The fourth-order valence-corrected chi connectivity index (χ4v) is 1.81.